The number of rotatable bonds is 12. The summed E-state index contributed by atoms with van der Waals surface area (Å²) in [5.41, 5.74) is 5.44. The molecule has 0 aromatic rings. The van der Waals surface area contributed by atoms with E-state index in [9.17, 15) is 9.59 Å². The summed E-state index contributed by atoms with van der Waals surface area (Å²) in [6.07, 6.45) is 4.30. The summed E-state index contributed by atoms with van der Waals surface area (Å²) in [4.78, 5) is 23.4. The van der Waals surface area contributed by atoms with Crippen molar-refractivity contribution in [2.75, 3.05) is 19.7 Å². The van der Waals surface area contributed by atoms with Crippen molar-refractivity contribution in [2.24, 2.45) is 5.73 Å². The first kappa shape index (κ1) is 19.6. The molecule has 0 aliphatic carbocycles. The fourth-order valence-corrected chi connectivity index (χ4v) is 1.72. The third kappa shape index (κ3) is 11.0. The van der Waals surface area contributed by atoms with Crippen LogP contribution in [0.15, 0.2) is 12.7 Å². The Bertz CT molecular complexity index is 319. The summed E-state index contributed by atoms with van der Waals surface area (Å²) in [6, 6.07) is -0.534. The summed E-state index contributed by atoms with van der Waals surface area (Å²) >= 11 is 0. The Morgan fingerprint density at radius 2 is 2.00 bits per heavy atom. The number of nitrogens with two attached hydrogens (primary N) is 1. The highest BCUT2D eigenvalue weighted by molar-refractivity contribution is 5.92. The van der Waals surface area contributed by atoms with Gasteiger partial charge in [-0.05, 0) is 52.2 Å². The third-order valence-corrected chi connectivity index (χ3v) is 2.84. The minimum Gasteiger partial charge on any atom is -0.379 e. The molecule has 4 N–H and O–H groups in total. The van der Waals surface area contributed by atoms with Crippen LogP contribution in [-0.2, 0) is 14.3 Å². The Morgan fingerprint density at radius 3 is 2.57 bits per heavy atom. The van der Waals surface area contributed by atoms with E-state index in [0.717, 1.165) is 19.3 Å². The van der Waals surface area contributed by atoms with Crippen LogP contribution in [0, 0.1) is 0 Å². The van der Waals surface area contributed by atoms with E-state index >= 15 is 0 Å². The van der Waals surface area contributed by atoms with Crippen molar-refractivity contribution < 1.29 is 14.3 Å². The summed E-state index contributed by atoms with van der Waals surface area (Å²) in [6.45, 7) is 9.05. The van der Waals surface area contributed by atoms with Gasteiger partial charge in [0.2, 0.25) is 11.8 Å². The highest BCUT2D eigenvalue weighted by atomic mass is 16.5. The average Bonchev–Trinajstić information content (AvgIpc) is 2.45. The van der Waals surface area contributed by atoms with Crippen LogP contribution in [0.5, 0.6) is 0 Å². The number of nitrogens with one attached hydrogen (secondary N) is 2. The van der Waals surface area contributed by atoms with Gasteiger partial charge in [0, 0.05) is 13.2 Å². The second kappa shape index (κ2) is 12.3. The van der Waals surface area contributed by atoms with Crippen LogP contribution in [0.1, 0.15) is 39.5 Å². The number of unbranched alkanes of at least 4 members (excludes halogenated alkanes) is 1. The maximum atomic E-state index is 12.1. The molecule has 0 aliphatic rings. The predicted octanol–water partition coefficient (Wildman–Crippen LogP) is 0.718. The molecule has 0 bridgehead atoms. The van der Waals surface area contributed by atoms with Crippen molar-refractivity contribution in [3.05, 3.63) is 12.7 Å². The van der Waals surface area contributed by atoms with Crippen molar-refractivity contribution in [3.63, 3.8) is 0 Å². The average molecular weight is 299 g/mol. The van der Waals surface area contributed by atoms with E-state index in [0.29, 0.717) is 26.1 Å². The standard InChI is InChI=1S/C15H29N3O3/c1-4-14(19)18-13(8-5-6-9-16)15(20)17-10-7-11-21-12(2)3/h4,12-13H,1,5-11,16H2,2-3H3,(H,17,20)(H,18,19). The minimum absolute atomic E-state index is 0.174. The Hall–Kier alpha value is -1.40. The lowest BCUT2D eigenvalue weighted by Gasteiger charge is -2.17. The SMILES string of the molecule is C=CC(=O)NC(CCCCN)C(=O)NCCCOC(C)C. The normalized spacial score (nSPS) is 12.0. The molecule has 0 fully saturated rings. The summed E-state index contributed by atoms with van der Waals surface area (Å²) in [5, 5.41) is 5.46. The summed E-state index contributed by atoms with van der Waals surface area (Å²) < 4.78 is 5.40. The number of carbonyl (C=O) groups is 2. The largest absolute Gasteiger partial charge is 0.379 e. The van der Waals surface area contributed by atoms with Gasteiger partial charge in [0.25, 0.3) is 0 Å². The highest BCUT2D eigenvalue weighted by Crippen LogP contribution is 2.01. The maximum absolute atomic E-state index is 12.1. The molecule has 0 saturated carbocycles. The Labute approximate surface area is 127 Å². The molecule has 0 aromatic heterocycles. The molecule has 0 radical (unpaired) electrons. The molecule has 122 valence electrons. The molecular formula is C15H29N3O3. The first-order valence-electron chi connectivity index (χ1n) is 7.53. The van der Waals surface area contributed by atoms with Gasteiger partial charge in [0.1, 0.15) is 6.04 Å². The second-order valence-electron chi connectivity index (χ2n) is 5.11. The number of ether oxygens (including phenoxy) is 1. The molecule has 0 rings (SSSR count). The third-order valence-electron chi connectivity index (χ3n) is 2.84. The molecule has 0 aromatic carbocycles. The molecule has 6 heteroatoms. The molecule has 1 unspecified atom stereocenters. The van der Waals surface area contributed by atoms with Crippen molar-refractivity contribution in [1.29, 1.82) is 0 Å². The Morgan fingerprint density at radius 1 is 1.29 bits per heavy atom. The molecule has 2 amide bonds. The highest BCUT2D eigenvalue weighted by Gasteiger charge is 2.18. The molecule has 0 saturated heterocycles. The van der Waals surface area contributed by atoms with Gasteiger partial charge in [-0.25, -0.2) is 0 Å². The predicted molar refractivity (Wildman–Crippen MR) is 83.7 cm³/mol. The van der Waals surface area contributed by atoms with E-state index in [1.54, 1.807) is 0 Å². The fourth-order valence-electron chi connectivity index (χ4n) is 1.72. The zero-order valence-corrected chi connectivity index (χ0v) is 13.2. The van der Waals surface area contributed by atoms with Crippen molar-refractivity contribution in [2.45, 2.75) is 51.7 Å². The molecule has 6 nitrogen and oxygen atoms in total. The van der Waals surface area contributed by atoms with Crippen molar-refractivity contribution in [1.82, 2.24) is 10.6 Å². The topological polar surface area (TPSA) is 93.5 Å². The van der Waals surface area contributed by atoms with Crippen LogP contribution in [0.2, 0.25) is 0 Å². The van der Waals surface area contributed by atoms with Gasteiger partial charge in [0.05, 0.1) is 6.10 Å². The first-order valence-corrected chi connectivity index (χ1v) is 7.53. The lowest BCUT2D eigenvalue weighted by molar-refractivity contribution is -0.127. The van der Waals surface area contributed by atoms with Gasteiger partial charge >= 0.3 is 0 Å². The van der Waals surface area contributed by atoms with E-state index < -0.39 is 6.04 Å². The van der Waals surface area contributed by atoms with E-state index in [1.165, 1.54) is 6.08 Å². The smallest absolute Gasteiger partial charge is 0.244 e. The van der Waals surface area contributed by atoms with Crippen LogP contribution >= 0.6 is 0 Å². The van der Waals surface area contributed by atoms with E-state index in [4.69, 9.17) is 10.5 Å². The number of carbonyl (C=O) groups excluding carboxylic acids is 2. The zero-order valence-electron chi connectivity index (χ0n) is 13.2. The fraction of sp³-hybridized carbons (Fsp3) is 0.733. The van der Waals surface area contributed by atoms with Crippen LogP contribution in [0.25, 0.3) is 0 Å². The molecule has 1 atom stereocenters. The van der Waals surface area contributed by atoms with Crippen LogP contribution in [0.4, 0.5) is 0 Å². The number of amides is 2. The van der Waals surface area contributed by atoms with E-state index in [-0.39, 0.29) is 17.9 Å². The zero-order chi connectivity index (χ0) is 16.1. The van der Waals surface area contributed by atoms with Crippen molar-refractivity contribution >= 4 is 11.8 Å². The monoisotopic (exact) mass is 299 g/mol. The Balaban J connectivity index is 4.10. The lowest BCUT2D eigenvalue weighted by Crippen LogP contribution is -2.46. The Kier molecular flexibility index (Phi) is 11.5. The first-order chi connectivity index (χ1) is 10.0. The number of hydrogen-bond acceptors (Lipinski definition) is 4. The summed E-state index contributed by atoms with van der Waals surface area (Å²) in [5.74, 6) is -0.516. The molecule has 0 heterocycles. The second-order valence-corrected chi connectivity index (χ2v) is 5.11. The van der Waals surface area contributed by atoms with Gasteiger partial charge in [-0.3, -0.25) is 9.59 Å². The van der Waals surface area contributed by atoms with Crippen LogP contribution in [-0.4, -0.2) is 43.7 Å². The lowest BCUT2D eigenvalue weighted by atomic mass is 10.1. The van der Waals surface area contributed by atoms with Gasteiger partial charge in [-0.1, -0.05) is 6.58 Å². The van der Waals surface area contributed by atoms with Crippen LogP contribution in [0.3, 0.4) is 0 Å². The van der Waals surface area contributed by atoms with E-state index in [1.807, 2.05) is 13.8 Å². The molecular weight excluding hydrogens is 270 g/mol. The minimum atomic E-state index is -0.534. The molecule has 21 heavy (non-hydrogen) atoms. The quantitative estimate of drug-likeness (QED) is 0.365. The van der Waals surface area contributed by atoms with E-state index in [2.05, 4.69) is 17.2 Å². The number of hydrogen-bond donors (Lipinski definition) is 3. The van der Waals surface area contributed by atoms with Gasteiger partial charge < -0.3 is 21.1 Å². The van der Waals surface area contributed by atoms with Crippen molar-refractivity contribution in [3.8, 4) is 0 Å². The summed E-state index contributed by atoms with van der Waals surface area (Å²) in [7, 11) is 0. The van der Waals surface area contributed by atoms with Crippen LogP contribution < -0.4 is 16.4 Å². The van der Waals surface area contributed by atoms with Gasteiger partial charge in [-0.15, -0.1) is 0 Å². The maximum Gasteiger partial charge on any atom is 0.244 e. The molecule has 0 spiro atoms. The van der Waals surface area contributed by atoms with Gasteiger partial charge in [-0.2, -0.15) is 0 Å². The van der Waals surface area contributed by atoms with Gasteiger partial charge in [0.15, 0.2) is 0 Å². The molecule has 0 aliphatic heterocycles.